The van der Waals surface area contributed by atoms with Crippen LogP contribution >= 0.6 is 23.6 Å². The van der Waals surface area contributed by atoms with Crippen molar-refractivity contribution in [2.24, 2.45) is 0 Å². The SMILES string of the molecule is Cc1cc(/C=C2\C(=O)NC(=S)N(c3cccc(C(F)(F)F)c3)C2=O)c(C)n1-c1sc2c(c1C(=O)Nc1ccccc1)CCCC2. The summed E-state index contributed by atoms with van der Waals surface area (Å²) in [7, 11) is 0. The maximum absolute atomic E-state index is 13.7. The monoisotopic (exact) mass is 648 g/mol. The van der Waals surface area contributed by atoms with Crippen molar-refractivity contribution in [2.45, 2.75) is 45.7 Å². The highest BCUT2D eigenvalue weighted by Crippen LogP contribution is 2.40. The number of aryl methyl sites for hydroxylation is 2. The molecule has 2 aromatic heterocycles. The molecule has 12 heteroatoms. The first kappa shape index (κ1) is 30.5. The van der Waals surface area contributed by atoms with E-state index in [1.807, 2.05) is 54.8 Å². The molecule has 0 saturated carbocycles. The lowest BCUT2D eigenvalue weighted by atomic mass is 9.95. The van der Waals surface area contributed by atoms with Crippen LogP contribution in [0.4, 0.5) is 24.5 Å². The van der Waals surface area contributed by atoms with Crippen LogP contribution in [-0.4, -0.2) is 27.4 Å². The van der Waals surface area contributed by atoms with Gasteiger partial charge in [-0.1, -0.05) is 24.3 Å². The summed E-state index contributed by atoms with van der Waals surface area (Å²) < 4.78 is 42.2. The smallest absolute Gasteiger partial charge is 0.322 e. The van der Waals surface area contributed by atoms with Crippen molar-refractivity contribution < 1.29 is 27.6 Å². The number of benzene rings is 2. The number of nitrogens with zero attached hydrogens (tertiary/aromatic N) is 2. The molecule has 1 saturated heterocycles. The Balaban J connectivity index is 1.40. The molecule has 7 nitrogen and oxygen atoms in total. The standard InChI is InChI=1S/C33H27F3N4O3S2/c1-18-15-20(16-25-28(41)38-32(44)40(30(25)43)23-12-8-9-21(17-23)33(34,35)36)19(2)39(18)31-27(24-13-6-7-14-26(24)45-31)29(42)37-22-10-4-3-5-11-22/h3-5,8-12,15-17H,6-7,13-14H2,1-2H3,(H,37,42)(H,38,41,44)/b25-16+. The number of nitrogens with one attached hydrogen (secondary N) is 2. The van der Waals surface area contributed by atoms with Gasteiger partial charge in [-0.15, -0.1) is 11.3 Å². The van der Waals surface area contributed by atoms with E-state index in [1.165, 1.54) is 18.2 Å². The van der Waals surface area contributed by atoms with E-state index < -0.39 is 23.6 Å². The van der Waals surface area contributed by atoms with Gasteiger partial charge in [0.25, 0.3) is 17.7 Å². The molecule has 4 aromatic rings. The Labute approximate surface area is 266 Å². The van der Waals surface area contributed by atoms with Gasteiger partial charge in [-0.3, -0.25) is 24.6 Å². The normalized spacial score (nSPS) is 16.2. The second kappa shape index (κ2) is 11.8. The molecule has 0 radical (unpaired) electrons. The van der Waals surface area contributed by atoms with Gasteiger partial charge in [0.15, 0.2) is 5.11 Å². The molecule has 1 aliphatic heterocycles. The van der Waals surface area contributed by atoms with Gasteiger partial charge in [-0.05, 0) is 105 Å². The lowest BCUT2D eigenvalue weighted by Gasteiger charge is -2.29. The Kier molecular flexibility index (Phi) is 7.96. The van der Waals surface area contributed by atoms with Crippen molar-refractivity contribution >= 4 is 63.8 Å². The predicted octanol–water partition coefficient (Wildman–Crippen LogP) is 7.14. The Morgan fingerprint density at radius 3 is 2.49 bits per heavy atom. The zero-order valence-electron chi connectivity index (χ0n) is 24.2. The van der Waals surface area contributed by atoms with Crippen molar-refractivity contribution in [2.75, 3.05) is 10.2 Å². The number of rotatable bonds is 5. The number of fused-ring (bicyclic) bond motifs is 1. The molecule has 0 atom stereocenters. The first-order valence-corrected chi connectivity index (χ1v) is 15.5. The van der Waals surface area contributed by atoms with E-state index in [0.29, 0.717) is 22.5 Å². The van der Waals surface area contributed by atoms with Gasteiger partial charge in [0, 0.05) is 22.0 Å². The second-order valence-corrected chi connectivity index (χ2v) is 12.3. The second-order valence-electron chi connectivity index (χ2n) is 10.9. The summed E-state index contributed by atoms with van der Waals surface area (Å²) >= 11 is 6.75. The van der Waals surface area contributed by atoms with Crippen LogP contribution in [0.1, 0.15) is 56.2 Å². The molecule has 1 fully saturated rings. The third-order valence-corrected chi connectivity index (χ3v) is 9.48. The summed E-state index contributed by atoms with van der Waals surface area (Å²) in [5.41, 5.74) is 2.98. The summed E-state index contributed by atoms with van der Waals surface area (Å²) in [4.78, 5) is 42.4. The highest BCUT2D eigenvalue weighted by atomic mass is 32.1. The maximum atomic E-state index is 13.7. The molecule has 2 N–H and O–H groups in total. The van der Waals surface area contributed by atoms with E-state index in [2.05, 4.69) is 10.6 Å². The van der Waals surface area contributed by atoms with Crippen LogP contribution in [0.25, 0.3) is 11.1 Å². The van der Waals surface area contributed by atoms with E-state index in [4.69, 9.17) is 12.2 Å². The van der Waals surface area contributed by atoms with Gasteiger partial charge in [0.2, 0.25) is 0 Å². The predicted molar refractivity (Wildman–Crippen MR) is 172 cm³/mol. The summed E-state index contributed by atoms with van der Waals surface area (Å²) in [6, 6.07) is 15.2. The van der Waals surface area contributed by atoms with E-state index in [1.54, 1.807) is 11.3 Å². The van der Waals surface area contributed by atoms with E-state index >= 15 is 0 Å². The number of carbonyl (C=O) groups is 3. The summed E-state index contributed by atoms with van der Waals surface area (Å²) in [5.74, 6) is -1.81. The molecule has 230 valence electrons. The van der Waals surface area contributed by atoms with Gasteiger partial charge in [-0.25, -0.2) is 0 Å². The molecular weight excluding hydrogens is 622 g/mol. The first-order chi connectivity index (χ1) is 21.4. The molecule has 3 amide bonds. The summed E-state index contributed by atoms with van der Waals surface area (Å²) in [5, 5.41) is 5.89. The van der Waals surface area contributed by atoms with Crippen LogP contribution in [0.15, 0.2) is 66.2 Å². The molecule has 2 aromatic carbocycles. The van der Waals surface area contributed by atoms with Crippen LogP contribution in [0, 0.1) is 13.8 Å². The van der Waals surface area contributed by atoms with Gasteiger partial charge in [-0.2, -0.15) is 13.2 Å². The third-order valence-electron chi connectivity index (χ3n) is 7.92. The minimum absolute atomic E-state index is 0.116. The van der Waals surface area contributed by atoms with Crippen molar-refractivity contribution in [1.82, 2.24) is 9.88 Å². The van der Waals surface area contributed by atoms with Gasteiger partial charge in [0.05, 0.1) is 16.8 Å². The minimum atomic E-state index is -4.63. The largest absolute Gasteiger partial charge is 0.416 e. The van der Waals surface area contributed by atoms with Gasteiger partial charge < -0.3 is 9.88 Å². The van der Waals surface area contributed by atoms with Gasteiger partial charge >= 0.3 is 6.18 Å². The number of thiophene rings is 1. The number of para-hydroxylation sites is 1. The van der Waals surface area contributed by atoms with Crippen molar-refractivity contribution in [3.05, 3.63) is 105 Å². The Morgan fingerprint density at radius 1 is 1.02 bits per heavy atom. The lowest BCUT2D eigenvalue weighted by Crippen LogP contribution is -2.54. The van der Waals surface area contributed by atoms with Crippen LogP contribution < -0.4 is 15.5 Å². The number of carbonyl (C=O) groups excluding carboxylic acids is 3. The zero-order chi connectivity index (χ0) is 32.0. The molecule has 2 aliphatic rings. The average Bonchev–Trinajstić information content (AvgIpc) is 3.51. The van der Waals surface area contributed by atoms with Crippen molar-refractivity contribution in [3.63, 3.8) is 0 Å². The zero-order valence-corrected chi connectivity index (χ0v) is 25.9. The van der Waals surface area contributed by atoms with Crippen molar-refractivity contribution in [1.29, 1.82) is 0 Å². The number of hydrogen-bond acceptors (Lipinski definition) is 5. The molecule has 0 unspecified atom stereocenters. The molecule has 45 heavy (non-hydrogen) atoms. The minimum Gasteiger partial charge on any atom is -0.322 e. The Hall–Kier alpha value is -4.55. The Bertz CT molecular complexity index is 1910. The van der Waals surface area contributed by atoms with Crippen LogP contribution in [0.2, 0.25) is 0 Å². The lowest BCUT2D eigenvalue weighted by molar-refractivity contribution is -0.137. The van der Waals surface area contributed by atoms with E-state index in [-0.39, 0.29) is 22.3 Å². The average molecular weight is 649 g/mol. The third kappa shape index (κ3) is 5.71. The van der Waals surface area contributed by atoms with E-state index in [9.17, 15) is 27.6 Å². The number of anilines is 2. The molecule has 6 rings (SSSR count). The highest BCUT2D eigenvalue weighted by molar-refractivity contribution is 7.80. The fraction of sp³-hybridized carbons (Fsp3) is 0.212. The maximum Gasteiger partial charge on any atom is 0.416 e. The summed E-state index contributed by atoms with van der Waals surface area (Å²) in [6.45, 7) is 3.71. The number of aromatic nitrogens is 1. The van der Waals surface area contributed by atoms with Crippen molar-refractivity contribution in [3.8, 4) is 5.00 Å². The van der Waals surface area contributed by atoms with Crippen LogP contribution in [0.5, 0.6) is 0 Å². The summed E-state index contributed by atoms with van der Waals surface area (Å²) in [6.07, 6.45) is 0.470. The fourth-order valence-electron chi connectivity index (χ4n) is 5.77. The number of hydrogen-bond donors (Lipinski definition) is 2. The molecule has 1 aliphatic carbocycles. The first-order valence-electron chi connectivity index (χ1n) is 14.2. The molecule has 0 spiro atoms. The number of amides is 3. The Morgan fingerprint density at radius 2 is 1.76 bits per heavy atom. The van der Waals surface area contributed by atoms with Crippen LogP contribution in [-0.2, 0) is 28.6 Å². The molecule has 3 heterocycles. The van der Waals surface area contributed by atoms with E-state index in [0.717, 1.165) is 63.9 Å². The topological polar surface area (TPSA) is 83.4 Å². The number of halogens is 3. The number of alkyl halides is 3. The highest BCUT2D eigenvalue weighted by Gasteiger charge is 2.37. The van der Waals surface area contributed by atoms with Crippen LogP contribution in [0.3, 0.4) is 0 Å². The molecular formula is C33H27F3N4O3S2. The quantitative estimate of drug-likeness (QED) is 0.137. The fourth-order valence-corrected chi connectivity index (χ4v) is 7.55. The number of thiocarbonyl (C=S) groups is 1. The molecule has 0 bridgehead atoms. The van der Waals surface area contributed by atoms with Gasteiger partial charge in [0.1, 0.15) is 10.6 Å².